The van der Waals surface area contributed by atoms with Crippen molar-refractivity contribution in [2.45, 2.75) is 83.0 Å². The second kappa shape index (κ2) is 6.45. The predicted molar refractivity (Wildman–Crippen MR) is 95.0 cm³/mol. The number of aliphatic hydroxyl groups excluding tert-OH is 4. The predicted octanol–water partition coefficient (Wildman–Crippen LogP) is 1.85. The molecule has 1 spiro atoms. The van der Waals surface area contributed by atoms with E-state index < -0.39 is 17.1 Å². The molecule has 3 fully saturated rings. The van der Waals surface area contributed by atoms with E-state index in [1.807, 2.05) is 6.92 Å². The van der Waals surface area contributed by atoms with E-state index in [0.717, 1.165) is 32.1 Å². The molecule has 1 saturated heterocycles. The number of rotatable bonds is 4. The van der Waals surface area contributed by atoms with Crippen LogP contribution in [-0.2, 0) is 4.74 Å². The van der Waals surface area contributed by atoms with Gasteiger partial charge in [0, 0.05) is 23.9 Å². The Kier molecular flexibility index (Phi) is 5.05. The maximum absolute atomic E-state index is 10.6. The highest BCUT2D eigenvalue weighted by molar-refractivity contribution is 5.17. The summed E-state index contributed by atoms with van der Waals surface area (Å²) in [6.07, 6.45) is 5.15. The number of fused-ring (bicyclic) bond motifs is 2. The first-order valence-corrected chi connectivity index (χ1v) is 9.94. The topological polar surface area (TPSA) is 90.2 Å². The smallest absolute Gasteiger partial charge is 0.0942 e. The lowest BCUT2D eigenvalue weighted by atomic mass is 9.43. The van der Waals surface area contributed by atoms with Gasteiger partial charge in [-0.05, 0) is 50.4 Å². The van der Waals surface area contributed by atoms with E-state index in [2.05, 4.69) is 13.8 Å². The molecule has 0 radical (unpaired) electrons. The zero-order chi connectivity index (χ0) is 18.5. The van der Waals surface area contributed by atoms with Crippen LogP contribution in [-0.4, -0.2) is 57.6 Å². The fraction of sp³-hybridized carbons (Fsp3) is 1.00. The number of hydrogen-bond donors (Lipinski definition) is 4. The molecule has 25 heavy (non-hydrogen) atoms. The molecule has 0 aromatic carbocycles. The second-order valence-electron chi connectivity index (χ2n) is 9.47. The Morgan fingerprint density at radius 1 is 0.960 bits per heavy atom. The SMILES string of the molecule is C[C@H]1CC[C@@H]2[C@](C)(CCC(O)[C@@]2(C)CO)[C@@]12CC[C@](CO)(CCO)O2. The molecular formula is C20H36O5. The van der Waals surface area contributed by atoms with Crippen molar-refractivity contribution in [2.24, 2.45) is 22.7 Å². The van der Waals surface area contributed by atoms with Gasteiger partial charge in [0.1, 0.15) is 0 Å². The van der Waals surface area contributed by atoms with Crippen molar-refractivity contribution in [1.82, 2.24) is 0 Å². The van der Waals surface area contributed by atoms with Crippen LogP contribution in [0.1, 0.15) is 65.7 Å². The van der Waals surface area contributed by atoms with Gasteiger partial charge < -0.3 is 25.2 Å². The van der Waals surface area contributed by atoms with Gasteiger partial charge in [0.15, 0.2) is 0 Å². The minimum Gasteiger partial charge on any atom is -0.396 e. The number of hydrogen-bond acceptors (Lipinski definition) is 5. The molecule has 7 atom stereocenters. The van der Waals surface area contributed by atoms with Crippen molar-refractivity contribution in [2.75, 3.05) is 19.8 Å². The van der Waals surface area contributed by atoms with Crippen molar-refractivity contribution >= 4 is 0 Å². The molecule has 5 heteroatoms. The lowest BCUT2D eigenvalue weighted by molar-refractivity contribution is -0.272. The first-order chi connectivity index (χ1) is 11.7. The van der Waals surface area contributed by atoms with Gasteiger partial charge in [-0.25, -0.2) is 0 Å². The molecule has 1 unspecified atom stereocenters. The third-order valence-electron chi connectivity index (χ3n) is 8.46. The summed E-state index contributed by atoms with van der Waals surface area (Å²) < 4.78 is 6.75. The van der Waals surface area contributed by atoms with Crippen LogP contribution in [0.15, 0.2) is 0 Å². The molecule has 3 aliphatic rings. The van der Waals surface area contributed by atoms with E-state index in [4.69, 9.17) is 4.74 Å². The summed E-state index contributed by atoms with van der Waals surface area (Å²) in [4.78, 5) is 0. The summed E-state index contributed by atoms with van der Waals surface area (Å²) in [5, 5.41) is 40.2. The molecule has 3 rings (SSSR count). The zero-order valence-corrected chi connectivity index (χ0v) is 16.0. The van der Waals surface area contributed by atoms with Crippen LogP contribution in [0.3, 0.4) is 0 Å². The minimum atomic E-state index is -0.653. The van der Waals surface area contributed by atoms with Gasteiger partial charge in [-0.15, -0.1) is 0 Å². The summed E-state index contributed by atoms with van der Waals surface area (Å²) in [6, 6.07) is 0. The highest BCUT2D eigenvalue weighted by Crippen LogP contribution is 2.67. The van der Waals surface area contributed by atoms with Crippen LogP contribution in [0.4, 0.5) is 0 Å². The molecular weight excluding hydrogens is 320 g/mol. The van der Waals surface area contributed by atoms with Crippen LogP contribution < -0.4 is 0 Å². The monoisotopic (exact) mass is 356 g/mol. The average molecular weight is 357 g/mol. The van der Waals surface area contributed by atoms with Crippen LogP contribution in [0, 0.1) is 22.7 Å². The van der Waals surface area contributed by atoms with E-state index in [0.29, 0.717) is 18.8 Å². The third kappa shape index (κ3) is 2.53. The van der Waals surface area contributed by atoms with E-state index >= 15 is 0 Å². The zero-order valence-electron chi connectivity index (χ0n) is 16.0. The van der Waals surface area contributed by atoms with Crippen LogP contribution in [0.25, 0.3) is 0 Å². The third-order valence-corrected chi connectivity index (χ3v) is 8.46. The summed E-state index contributed by atoms with van der Waals surface area (Å²) in [7, 11) is 0. The van der Waals surface area contributed by atoms with Crippen LogP contribution in [0.2, 0.25) is 0 Å². The quantitative estimate of drug-likeness (QED) is 0.617. The van der Waals surface area contributed by atoms with E-state index in [1.165, 1.54) is 0 Å². The Bertz CT molecular complexity index is 498. The Balaban J connectivity index is 2.02. The summed E-state index contributed by atoms with van der Waals surface area (Å²) in [6.45, 7) is 6.47. The molecule has 4 N–H and O–H groups in total. The maximum atomic E-state index is 10.6. The highest BCUT2D eigenvalue weighted by atomic mass is 16.5. The van der Waals surface area contributed by atoms with Gasteiger partial charge in [0.2, 0.25) is 0 Å². The van der Waals surface area contributed by atoms with Gasteiger partial charge in [0.05, 0.1) is 30.5 Å². The molecule has 2 saturated carbocycles. The Labute approximate surface area is 151 Å². The molecule has 0 aromatic heterocycles. The fourth-order valence-corrected chi connectivity index (χ4v) is 6.70. The summed E-state index contributed by atoms with van der Waals surface area (Å²) in [5.74, 6) is 0.549. The highest BCUT2D eigenvalue weighted by Gasteiger charge is 2.68. The van der Waals surface area contributed by atoms with Crippen molar-refractivity contribution in [3.05, 3.63) is 0 Å². The molecule has 0 aromatic rings. The molecule has 2 aliphatic carbocycles. The summed E-state index contributed by atoms with van der Waals surface area (Å²) >= 11 is 0. The maximum Gasteiger partial charge on any atom is 0.0942 e. The van der Waals surface area contributed by atoms with Crippen molar-refractivity contribution < 1.29 is 25.2 Å². The number of ether oxygens (including phenoxy) is 1. The fourth-order valence-electron chi connectivity index (χ4n) is 6.70. The molecule has 0 bridgehead atoms. The average Bonchev–Trinajstić information content (AvgIpc) is 2.99. The van der Waals surface area contributed by atoms with Gasteiger partial charge in [-0.2, -0.15) is 0 Å². The molecule has 5 nitrogen and oxygen atoms in total. The van der Waals surface area contributed by atoms with Gasteiger partial charge in [-0.3, -0.25) is 0 Å². The van der Waals surface area contributed by atoms with Gasteiger partial charge >= 0.3 is 0 Å². The molecule has 146 valence electrons. The standard InChI is InChI=1S/C20H36O5/c1-14-4-5-15-17(2,12-22)16(24)6-7-18(15,3)20(14)9-8-19(13-23,25-20)10-11-21/h14-16,21-24H,4-13H2,1-3H3/t14-,15-,16?,17-,18-,19+,20+/m0/s1. The largest absolute Gasteiger partial charge is 0.396 e. The summed E-state index contributed by atoms with van der Waals surface area (Å²) in [5.41, 5.74) is -1.66. The molecule has 1 heterocycles. The first-order valence-electron chi connectivity index (χ1n) is 9.94. The van der Waals surface area contributed by atoms with Crippen LogP contribution >= 0.6 is 0 Å². The lowest BCUT2D eigenvalue weighted by Gasteiger charge is -2.65. The normalized spacial score (nSPS) is 53.2. The van der Waals surface area contributed by atoms with Crippen LogP contribution in [0.5, 0.6) is 0 Å². The van der Waals surface area contributed by atoms with Gasteiger partial charge in [0.25, 0.3) is 0 Å². The van der Waals surface area contributed by atoms with Crippen molar-refractivity contribution in [3.63, 3.8) is 0 Å². The minimum absolute atomic E-state index is 0.0121. The second-order valence-corrected chi connectivity index (χ2v) is 9.47. The Morgan fingerprint density at radius 3 is 2.28 bits per heavy atom. The van der Waals surface area contributed by atoms with Crippen molar-refractivity contribution in [1.29, 1.82) is 0 Å². The van der Waals surface area contributed by atoms with Crippen molar-refractivity contribution in [3.8, 4) is 0 Å². The Hall–Kier alpha value is -0.200. The first kappa shape index (κ1) is 19.6. The van der Waals surface area contributed by atoms with E-state index in [-0.39, 0.29) is 36.8 Å². The molecule has 0 amide bonds. The number of aliphatic hydroxyl groups is 4. The van der Waals surface area contributed by atoms with E-state index in [1.54, 1.807) is 0 Å². The molecule has 1 aliphatic heterocycles. The Morgan fingerprint density at radius 2 is 1.68 bits per heavy atom. The lowest BCUT2D eigenvalue weighted by Crippen LogP contribution is -2.66. The van der Waals surface area contributed by atoms with E-state index in [9.17, 15) is 20.4 Å². The van der Waals surface area contributed by atoms with Gasteiger partial charge in [-0.1, -0.05) is 20.8 Å².